The normalized spacial score (nSPS) is 18.8. The molecule has 2 aliphatic rings. The van der Waals surface area contributed by atoms with Crippen LogP contribution < -0.4 is 14.4 Å². The smallest absolute Gasteiger partial charge is 0.257 e. The summed E-state index contributed by atoms with van der Waals surface area (Å²) in [5, 5.41) is 0. The summed E-state index contributed by atoms with van der Waals surface area (Å²) in [6, 6.07) is 13.3. The largest absolute Gasteiger partial charge is 0.496 e. The number of benzene rings is 2. The molecular formula is C26H33N3O4. The summed E-state index contributed by atoms with van der Waals surface area (Å²) in [5.41, 5.74) is 2.53. The Labute approximate surface area is 195 Å². The first-order valence-corrected chi connectivity index (χ1v) is 11.7. The number of para-hydroxylation sites is 1. The van der Waals surface area contributed by atoms with Crippen molar-refractivity contribution in [1.29, 1.82) is 0 Å². The van der Waals surface area contributed by atoms with Crippen molar-refractivity contribution in [2.24, 2.45) is 0 Å². The van der Waals surface area contributed by atoms with Crippen molar-refractivity contribution in [3.63, 3.8) is 0 Å². The molecule has 2 saturated heterocycles. The predicted octanol–water partition coefficient (Wildman–Crippen LogP) is 3.74. The maximum atomic E-state index is 13.7. The Balaban J connectivity index is 1.63. The minimum atomic E-state index is -0.271. The lowest BCUT2D eigenvalue weighted by atomic mass is 10.00. The van der Waals surface area contributed by atoms with Crippen LogP contribution in [0.5, 0.6) is 11.5 Å². The van der Waals surface area contributed by atoms with Crippen LogP contribution in [0.15, 0.2) is 42.5 Å². The van der Waals surface area contributed by atoms with Gasteiger partial charge in [-0.25, -0.2) is 0 Å². The molecule has 2 aromatic carbocycles. The van der Waals surface area contributed by atoms with Gasteiger partial charge < -0.3 is 24.2 Å². The minimum Gasteiger partial charge on any atom is -0.496 e. The van der Waals surface area contributed by atoms with Crippen LogP contribution in [0.3, 0.4) is 0 Å². The van der Waals surface area contributed by atoms with Crippen molar-refractivity contribution in [2.75, 3.05) is 51.8 Å². The number of methoxy groups -OCH3 is 2. The third kappa shape index (κ3) is 4.77. The summed E-state index contributed by atoms with van der Waals surface area (Å²) in [6.07, 6.45) is 3.59. The molecule has 33 heavy (non-hydrogen) atoms. The van der Waals surface area contributed by atoms with E-state index < -0.39 is 0 Å². The fraction of sp³-hybridized carbons (Fsp3) is 0.462. The topological polar surface area (TPSA) is 62.3 Å². The highest BCUT2D eigenvalue weighted by molar-refractivity contribution is 5.98. The summed E-state index contributed by atoms with van der Waals surface area (Å²) >= 11 is 0. The number of nitrogens with zero attached hydrogens (tertiary/aromatic N) is 3. The molecule has 2 amide bonds. The second-order valence-electron chi connectivity index (χ2n) is 8.65. The first-order valence-electron chi connectivity index (χ1n) is 11.7. The van der Waals surface area contributed by atoms with Crippen LogP contribution in [-0.4, -0.2) is 68.6 Å². The van der Waals surface area contributed by atoms with Gasteiger partial charge in [0.05, 0.1) is 25.8 Å². The first-order chi connectivity index (χ1) is 16.0. The molecule has 0 bridgehead atoms. The van der Waals surface area contributed by atoms with E-state index >= 15 is 0 Å². The van der Waals surface area contributed by atoms with Crippen molar-refractivity contribution < 1.29 is 19.1 Å². The zero-order chi connectivity index (χ0) is 23.4. The third-order valence-corrected chi connectivity index (χ3v) is 6.70. The Morgan fingerprint density at radius 3 is 2.30 bits per heavy atom. The highest BCUT2D eigenvalue weighted by Crippen LogP contribution is 2.34. The number of piperazine rings is 1. The quantitative estimate of drug-likeness (QED) is 0.693. The fourth-order valence-corrected chi connectivity index (χ4v) is 4.93. The van der Waals surface area contributed by atoms with Gasteiger partial charge in [-0.15, -0.1) is 0 Å². The van der Waals surface area contributed by atoms with E-state index in [9.17, 15) is 9.59 Å². The number of amides is 2. The highest BCUT2D eigenvalue weighted by Gasteiger charge is 2.34. The van der Waals surface area contributed by atoms with Gasteiger partial charge in [0.2, 0.25) is 5.91 Å². The molecule has 0 aliphatic carbocycles. The summed E-state index contributed by atoms with van der Waals surface area (Å²) in [5.74, 6) is 1.20. The van der Waals surface area contributed by atoms with E-state index in [0.717, 1.165) is 24.3 Å². The molecule has 4 rings (SSSR count). The van der Waals surface area contributed by atoms with Gasteiger partial charge in [-0.05, 0) is 43.5 Å². The lowest BCUT2D eigenvalue weighted by Gasteiger charge is -2.41. The van der Waals surface area contributed by atoms with Crippen LogP contribution >= 0.6 is 0 Å². The lowest BCUT2D eigenvalue weighted by molar-refractivity contribution is -0.133. The number of carbonyl (C=O) groups is 2. The minimum absolute atomic E-state index is 0.0114. The number of rotatable bonds is 5. The average molecular weight is 452 g/mol. The third-order valence-electron chi connectivity index (χ3n) is 6.70. The van der Waals surface area contributed by atoms with Crippen molar-refractivity contribution >= 4 is 17.5 Å². The van der Waals surface area contributed by atoms with Gasteiger partial charge in [0.25, 0.3) is 5.91 Å². The molecule has 2 aliphatic heterocycles. The van der Waals surface area contributed by atoms with Crippen molar-refractivity contribution in [3.05, 3.63) is 53.6 Å². The lowest BCUT2D eigenvalue weighted by Crippen LogP contribution is -2.52. The van der Waals surface area contributed by atoms with E-state index in [1.807, 2.05) is 52.3 Å². The Kier molecular flexibility index (Phi) is 7.06. The molecule has 7 heteroatoms. The van der Waals surface area contributed by atoms with Crippen LogP contribution in [-0.2, 0) is 4.79 Å². The van der Waals surface area contributed by atoms with Gasteiger partial charge in [-0.1, -0.05) is 18.2 Å². The number of anilines is 1. The maximum absolute atomic E-state index is 13.7. The number of hydrogen-bond acceptors (Lipinski definition) is 5. The summed E-state index contributed by atoms with van der Waals surface area (Å²) in [4.78, 5) is 32.1. The number of hydrogen-bond donors (Lipinski definition) is 0. The van der Waals surface area contributed by atoms with Crippen molar-refractivity contribution in [3.8, 4) is 11.5 Å². The molecule has 2 heterocycles. The Morgan fingerprint density at radius 1 is 0.879 bits per heavy atom. The highest BCUT2D eigenvalue weighted by atomic mass is 16.5. The van der Waals surface area contributed by atoms with E-state index in [1.165, 1.54) is 19.3 Å². The molecule has 7 nitrogen and oxygen atoms in total. The molecule has 0 saturated carbocycles. The first kappa shape index (κ1) is 23.0. The second kappa shape index (κ2) is 10.1. The van der Waals surface area contributed by atoms with Crippen molar-refractivity contribution in [1.82, 2.24) is 9.80 Å². The Hall–Kier alpha value is -3.22. The zero-order valence-corrected chi connectivity index (χ0v) is 19.8. The number of ether oxygens (including phenoxy) is 2. The van der Waals surface area contributed by atoms with E-state index in [-0.39, 0.29) is 17.9 Å². The number of piperidine rings is 1. The monoisotopic (exact) mass is 451 g/mol. The van der Waals surface area contributed by atoms with Crippen LogP contribution in [0.2, 0.25) is 0 Å². The molecule has 0 N–H and O–H groups in total. The van der Waals surface area contributed by atoms with Crippen LogP contribution in [0.4, 0.5) is 5.69 Å². The SMILES string of the molecule is COc1ccc(N2CCCCC2)cc1C(=O)N1CCN(C(C)=O)[C@H](c2ccccc2OC)C1. The van der Waals surface area contributed by atoms with E-state index in [0.29, 0.717) is 36.7 Å². The number of carbonyl (C=O) groups excluding carboxylic acids is 2. The van der Waals surface area contributed by atoms with E-state index in [4.69, 9.17) is 9.47 Å². The van der Waals surface area contributed by atoms with Gasteiger partial charge in [0.1, 0.15) is 11.5 Å². The zero-order valence-electron chi connectivity index (χ0n) is 19.8. The molecule has 1 atom stereocenters. The molecule has 0 unspecified atom stereocenters. The fourth-order valence-electron chi connectivity index (χ4n) is 4.93. The molecule has 2 fully saturated rings. The van der Waals surface area contributed by atoms with Crippen LogP contribution in [0.25, 0.3) is 0 Å². The Bertz CT molecular complexity index is 1000. The van der Waals surface area contributed by atoms with Gasteiger partial charge >= 0.3 is 0 Å². The summed E-state index contributed by atoms with van der Waals surface area (Å²) in [6.45, 7) is 4.93. The van der Waals surface area contributed by atoms with Gasteiger partial charge in [0.15, 0.2) is 0 Å². The maximum Gasteiger partial charge on any atom is 0.257 e. The van der Waals surface area contributed by atoms with Gasteiger partial charge in [-0.3, -0.25) is 9.59 Å². The van der Waals surface area contributed by atoms with Crippen LogP contribution in [0, 0.1) is 0 Å². The Morgan fingerprint density at radius 2 is 1.61 bits per heavy atom. The molecule has 176 valence electrons. The average Bonchev–Trinajstić information content (AvgIpc) is 2.87. The predicted molar refractivity (Wildman–Crippen MR) is 128 cm³/mol. The van der Waals surface area contributed by atoms with Crippen LogP contribution in [0.1, 0.15) is 48.1 Å². The molecule has 0 radical (unpaired) electrons. The molecule has 0 aromatic heterocycles. The van der Waals surface area contributed by atoms with E-state index in [1.54, 1.807) is 21.1 Å². The van der Waals surface area contributed by atoms with Gasteiger partial charge in [0, 0.05) is 50.9 Å². The molecule has 0 spiro atoms. The van der Waals surface area contributed by atoms with Gasteiger partial charge in [-0.2, -0.15) is 0 Å². The van der Waals surface area contributed by atoms with E-state index in [2.05, 4.69) is 4.90 Å². The standard InChI is InChI=1S/C26H33N3O4/c1-19(30)29-16-15-28(18-23(29)21-9-5-6-10-24(21)32-2)26(31)22-17-20(11-12-25(22)33-3)27-13-7-4-8-14-27/h5-6,9-12,17,23H,4,7-8,13-16,18H2,1-3H3/t23-/m0/s1. The molecular weight excluding hydrogens is 418 g/mol. The summed E-state index contributed by atoms with van der Waals surface area (Å²) < 4.78 is 11.1. The summed E-state index contributed by atoms with van der Waals surface area (Å²) in [7, 11) is 3.22. The second-order valence-corrected chi connectivity index (χ2v) is 8.65. The van der Waals surface area contributed by atoms with Crippen molar-refractivity contribution in [2.45, 2.75) is 32.2 Å². The molecule has 2 aromatic rings.